The zero-order chi connectivity index (χ0) is 12.3. The molecule has 1 aromatic heterocycles. The van der Waals surface area contributed by atoms with Crippen molar-refractivity contribution in [3.63, 3.8) is 0 Å². The molecular formula is C13H13BrN2O. The van der Waals surface area contributed by atoms with Crippen molar-refractivity contribution in [2.45, 2.75) is 13.5 Å². The third-order valence-electron chi connectivity index (χ3n) is 2.33. The summed E-state index contributed by atoms with van der Waals surface area (Å²) in [6, 6.07) is 9.65. The van der Waals surface area contributed by atoms with Gasteiger partial charge in [-0.3, -0.25) is 0 Å². The van der Waals surface area contributed by atoms with Gasteiger partial charge >= 0.3 is 0 Å². The molecule has 0 saturated carbocycles. The molecule has 0 aliphatic carbocycles. The predicted octanol–water partition coefficient (Wildman–Crippen LogP) is 3.40. The van der Waals surface area contributed by atoms with Crippen LogP contribution in [0.3, 0.4) is 0 Å². The number of hydrogen-bond acceptors (Lipinski definition) is 3. The lowest BCUT2D eigenvalue weighted by Crippen LogP contribution is -1.99. The normalized spacial score (nSPS) is 10.3. The number of halogens is 1. The van der Waals surface area contributed by atoms with Crippen LogP contribution in [0.15, 0.2) is 41.0 Å². The molecule has 0 aliphatic rings. The molecule has 0 spiro atoms. The smallest absolute Gasteiger partial charge is 0.222 e. The van der Waals surface area contributed by atoms with Crippen LogP contribution in [-0.2, 0) is 6.54 Å². The molecular weight excluding hydrogens is 280 g/mol. The number of pyridine rings is 1. The molecule has 0 bridgehead atoms. The SMILES string of the molecule is Cc1cc(CN)cnc1Oc1cccc(Br)c1. The van der Waals surface area contributed by atoms with E-state index in [1.165, 1.54) is 0 Å². The van der Waals surface area contributed by atoms with Gasteiger partial charge in [0.25, 0.3) is 0 Å². The Morgan fingerprint density at radius 1 is 1.35 bits per heavy atom. The highest BCUT2D eigenvalue weighted by atomic mass is 79.9. The summed E-state index contributed by atoms with van der Waals surface area (Å²) in [5, 5.41) is 0. The third-order valence-corrected chi connectivity index (χ3v) is 2.83. The summed E-state index contributed by atoms with van der Waals surface area (Å²) in [5.74, 6) is 1.37. The van der Waals surface area contributed by atoms with Crippen LogP contribution in [-0.4, -0.2) is 4.98 Å². The number of aromatic nitrogens is 1. The highest BCUT2D eigenvalue weighted by Crippen LogP contribution is 2.25. The fourth-order valence-electron chi connectivity index (χ4n) is 1.48. The molecule has 0 saturated heterocycles. The molecule has 0 amide bonds. The Kier molecular flexibility index (Phi) is 3.76. The molecule has 0 aliphatic heterocycles. The van der Waals surface area contributed by atoms with Crippen LogP contribution in [0.2, 0.25) is 0 Å². The number of rotatable bonds is 3. The second-order valence-corrected chi connectivity index (χ2v) is 4.64. The maximum atomic E-state index is 5.71. The number of benzene rings is 1. The fraction of sp³-hybridized carbons (Fsp3) is 0.154. The monoisotopic (exact) mass is 292 g/mol. The molecule has 0 radical (unpaired) electrons. The fourth-order valence-corrected chi connectivity index (χ4v) is 1.86. The Labute approximate surface area is 109 Å². The molecule has 0 fully saturated rings. The summed E-state index contributed by atoms with van der Waals surface area (Å²) < 4.78 is 6.69. The zero-order valence-electron chi connectivity index (χ0n) is 9.48. The molecule has 2 rings (SSSR count). The largest absolute Gasteiger partial charge is 0.439 e. The van der Waals surface area contributed by atoms with Crippen LogP contribution in [0.1, 0.15) is 11.1 Å². The summed E-state index contributed by atoms with van der Waals surface area (Å²) in [6.07, 6.45) is 1.74. The van der Waals surface area contributed by atoms with Gasteiger partial charge in [-0.25, -0.2) is 4.98 Å². The standard InChI is InChI=1S/C13H13BrN2O/c1-9-5-10(7-15)8-16-13(9)17-12-4-2-3-11(14)6-12/h2-6,8H,7,15H2,1H3. The van der Waals surface area contributed by atoms with Gasteiger partial charge in [-0.15, -0.1) is 0 Å². The summed E-state index contributed by atoms with van der Waals surface area (Å²) in [4.78, 5) is 4.26. The molecule has 1 aromatic carbocycles. The Hall–Kier alpha value is -1.39. The quantitative estimate of drug-likeness (QED) is 0.943. The van der Waals surface area contributed by atoms with Crippen molar-refractivity contribution in [2.24, 2.45) is 5.73 Å². The van der Waals surface area contributed by atoms with Crippen molar-refractivity contribution in [3.05, 3.63) is 52.1 Å². The van der Waals surface area contributed by atoms with E-state index in [2.05, 4.69) is 20.9 Å². The van der Waals surface area contributed by atoms with Crippen molar-refractivity contribution in [2.75, 3.05) is 0 Å². The number of nitrogens with zero attached hydrogens (tertiary/aromatic N) is 1. The van der Waals surface area contributed by atoms with Gasteiger partial charge in [-0.2, -0.15) is 0 Å². The van der Waals surface area contributed by atoms with E-state index in [1.54, 1.807) is 6.20 Å². The highest BCUT2D eigenvalue weighted by molar-refractivity contribution is 9.10. The van der Waals surface area contributed by atoms with Crippen molar-refractivity contribution in [1.29, 1.82) is 0 Å². The van der Waals surface area contributed by atoms with Gasteiger partial charge in [0.2, 0.25) is 5.88 Å². The first-order valence-electron chi connectivity index (χ1n) is 5.28. The maximum absolute atomic E-state index is 5.71. The molecule has 0 atom stereocenters. The molecule has 2 aromatic rings. The zero-order valence-corrected chi connectivity index (χ0v) is 11.1. The van der Waals surface area contributed by atoms with Crippen molar-refractivity contribution < 1.29 is 4.74 Å². The van der Waals surface area contributed by atoms with Crippen molar-refractivity contribution in [3.8, 4) is 11.6 Å². The lowest BCUT2D eigenvalue weighted by atomic mass is 10.2. The Morgan fingerprint density at radius 2 is 2.18 bits per heavy atom. The highest BCUT2D eigenvalue weighted by Gasteiger charge is 2.04. The van der Waals surface area contributed by atoms with Crippen LogP contribution < -0.4 is 10.5 Å². The minimum Gasteiger partial charge on any atom is -0.439 e. The summed E-state index contributed by atoms with van der Waals surface area (Å²) in [7, 11) is 0. The lowest BCUT2D eigenvalue weighted by molar-refractivity contribution is 0.458. The summed E-state index contributed by atoms with van der Waals surface area (Å²) in [5.41, 5.74) is 7.54. The van der Waals surface area contributed by atoms with E-state index in [4.69, 9.17) is 10.5 Å². The van der Waals surface area contributed by atoms with Gasteiger partial charge in [0, 0.05) is 22.8 Å². The molecule has 3 nitrogen and oxygen atoms in total. The van der Waals surface area contributed by atoms with Gasteiger partial charge in [-0.1, -0.05) is 22.0 Å². The Balaban J connectivity index is 2.24. The average Bonchev–Trinajstić information content (AvgIpc) is 2.32. The molecule has 17 heavy (non-hydrogen) atoms. The minimum atomic E-state index is 0.491. The average molecular weight is 293 g/mol. The van der Waals surface area contributed by atoms with Gasteiger partial charge in [0.15, 0.2) is 0 Å². The van der Waals surface area contributed by atoms with E-state index in [-0.39, 0.29) is 0 Å². The first kappa shape index (κ1) is 12.1. The van der Waals surface area contributed by atoms with Gasteiger partial charge in [0.05, 0.1) is 0 Å². The van der Waals surface area contributed by atoms with Gasteiger partial charge < -0.3 is 10.5 Å². The Bertz CT molecular complexity index is 529. The third kappa shape index (κ3) is 3.05. The van der Waals surface area contributed by atoms with E-state index in [0.29, 0.717) is 12.4 Å². The summed E-state index contributed by atoms with van der Waals surface area (Å²) in [6.45, 7) is 2.45. The number of nitrogens with two attached hydrogens (primary N) is 1. The van der Waals surface area contributed by atoms with Crippen LogP contribution in [0.25, 0.3) is 0 Å². The molecule has 0 unspecified atom stereocenters. The van der Waals surface area contributed by atoms with E-state index in [1.807, 2.05) is 37.3 Å². The number of hydrogen-bond donors (Lipinski definition) is 1. The van der Waals surface area contributed by atoms with Crippen molar-refractivity contribution in [1.82, 2.24) is 4.98 Å². The van der Waals surface area contributed by atoms with Crippen LogP contribution in [0.5, 0.6) is 11.6 Å². The van der Waals surface area contributed by atoms with Crippen LogP contribution >= 0.6 is 15.9 Å². The number of ether oxygens (including phenoxy) is 1. The van der Waals surface area contributed by atoms with E-state index < -0.39 is 0 Å². The lowest BCUT2D eigenvalue weighted by Gasteiger charge is -2.08. The maximum Gasteiger partial charge on any atom is 0.222 e. The second-order valence-electron chi connectivity index (χ2n) is 3.73. The molecule has 4 heteroatoms. The Morgan fingerprint density at radius 3 is 2.82 bits per heavy atom. The van der Waals surface area contributed by atoms with E-state index in [9.17, 15) is 0 Å². The first-order chi connectivity index (χ1) is 8.19. The second kappa shape index (κ2) is 5.29. The summed E-state index contributed by atoms with van der Waals surface area (Å²) >= 11 is 3.40. The molecule has 88 valence electrons. The molecule has 2 N–H and O–H groups in total. The topological polar surface area (TPSA) is 48.1 Å². The predicted molar refractivity (Wildman–Crippen MR) is 71.1 cm³/mol. The van der Waals surface area contributed by atoms with Gasteiger partial charge in [0.1, 0.15) is 5.75 Å². The van der Waals surface area contributed by atoms with Gasteiger partial charge in [-0.05, 0) is 36.8 Å². The van der Waals surface area contributed by atoms with Crippen molar-refractivity contribution >= 4 is 15.9 Å². The first-order valence-corrected chi connectivity index (χ1v) is 6.07. The molecule has 1 heterocycles. The van der Waals surface area contributed by atoms with E-state index in [0.717, 1.165) is 21.3 Å². The van der Waals surface area contributed by atoms with E-state index >= 15 is 0 Å². The minimum absolute atomic E-state index is 0.491. The van der Waals surface area contributed by atoms with Crippen LogP contribution in [0.4, 0.5) is 0 Å². The number of aryl methyl sites for hydroxylation is 1. The van der Waals surface area contributed by atoms with Crippen LogP contribution in [0, 0.1) is 6.92 Å².